The summed E-state index contributed by atoms with van der Waals surface area (Å²) in [7, 11) is 1.63. The molecule has 1 aliphatic rings. The van der Waals surface area contributed by atoms with Crippen LogP contribution in [0.5, 0.6) is 0 Å². The van der Waals surface area contributed by atoms with Gasteiger partial charge < -0.3 is 9.88 Å². The molecule has 0 aliphatic heterocycles. The highest BCUT2D eigenvalue weighted by Crippen LogP contribution is 2.28. The Labute approximate surface area is 127 Å². The molecular formula is C15H17N3O2S. The molecule has 0 saturated heterocycles. The summed E-state index contributed by atoms with van der Waals surface area (Å²) >= 11 is 5.12. The van der Waals surface area contributed by atoms with Gasteiger partial charge in [-0.25, -0.2) is 0 Å². The Hall–Kier alpha value is -1.95. The molecule has 1 saturated carbocycles. The Bertz CT molecular complexity index is 833. The van der Waals surface area contributed by atoms with Gasteiger partial charge in [0, 0.05) is 25.2 Å². The number of carbonyl (C=O) groups is 1. The second-order valence-corrected chi connectivity index (χ2v) is 5.76. The smallest absolute Gasteiger partial charge is 0.261 e. The van der Waals surface area contributed by atoms with E-state index in [4.69, 9.17) is 12.2 Å². The zero-order valence-electron chi connectivity index (χ0n) is 12.0. The Morgan fingerprint density at radius 2 is 2.19 bits per heavy atom. The quantitative estimate of drug-likeness (QED) is 0.885. The molecule has 3 rings (SSSR count). The molecule has 1 aromatic heterocycles. The van der Waals surface area contributed by atoms with Crippen molar-refractivity contribution in [3.8, 4) is 0 Å². The first-order valence-electron chi connectivity index (χ1n) is 7.07. The fourth-order valence-electron chi connectivity index (χ4n) is 2.56. The number of carbonyl (C=O) groups excluding carboxylic acids is 1. The van der Waals surface area contributed by atoms with Gasteiger partial charge in [-0.15, -0.1) is 0 Å². The maximum absolute atomic E-state index is 12.5. The molecule has 21 heavy (non-hydrogen) atoms. The van der Waals surface area contributed by atoms with Gasteiger partial charge in [-0.05, 0) is 50.2 Å². The van der Waals surface area contributed by atoms with E-state index in [1.165, 1.54) is 4.57 Å². The number of amides is 1. The molecule has 1 aromatic carbocycles. The van der Waals surface area contributed by atoms with Crippen LogP contribution in [-0.2, 0) is 7.05 Å². The molecule has 2 aromatic rings. The van der Waals surface area contributed by atoms with Crippen molar-refractivity contribution >= 4 is 29.0 Å². The molecule has 1 heterocycles. The second-order valence-electron chi connectivity index (χ2n) is 5.38. The lowest BCUT2D eigenvalue weighted by molar-refractivity contribution is 0.0752. The van der Waals surface area contributed by atoms with E-state index in [1.54, 1.807) is 25.2 Å². The average Bonchev–Trinajstić information content (AvgIpc) is 3.30. The molecule has 1 aliphatic carbocycles. The van der Waals surface area contributed by atoms with Crippen LogP contribution in [0.3, 0.4) is 0 Å². The lowest BCUT2D eigenvalue weighted by Gasteiger charge is -2.20. The minimum Gasteiger partial charge on any atom is -0.336 e. The Morgan fingerprint density at radius 1 is 1.48 bits per heavy atom. The summed E-state index contributed by atoms with van der Waals surface area (Å²) in [5, 5.41) is 0.539. The Morgan fingerprint density at radius 3 is 2.81 bits per heavy atom. The topological polar surface area (TPSA) is 58.1 Å². The van der Waals surface area contributed by atoms with Crippen LogP contribution in [-0.4, -0.2) is 32.9 Å². The fraction of sp³-hybridized carbons (Fsp3) is 0.400. The predicted molar refractivity (Wildman–Crippen MR) is 84.1 cm³/mol. The van der Waals surface area contributed by atoms with Crippen molar-refractivity contribution < 1.29 is 4.79 Å². The van der Waals surface area contributed by atoms with Gasteiger partial charge >= 0.3 is 0 Å². The van der Waals surface area contributed by atoms with Crippen molar-refractivity contribution in [3.63, 3.8) is 0 Å². The number of aromatic amines is 1. The zero-order chi connectivity index (χ0) is 15.1. The fourth-order valence-corrected chi connectivity index (χ4v) is 2.75. The molecule has 0 atom stereocenters. The molecule has 1 fully saturated rings. The number of nitrogens with one attached hydrogen (secondary N) is 1. The summed E-state index contributed by atoms with van der Waals surface area (Å²) in [6.45, 7) is 2.69. The molecular weight excluding hydrogens is 286 g/mol. The van der Waals surface area contributed by atoms with E-state index in [0.29, 0.717) is 33.8 Å². The van der Waals surface area contributed by atoms with Crippen molar-refractivity contribution in [1.29, 1.82) is 0 Å². The number of aromatic nitrogens is 2. The molecule has 110 valence electrons. The molecule has 0 unspecified atom stereocenters. The van der Waals surface area contributed by atoms with Crippen LogP contribution in [0.25, 0.3) is 10.9 Å². The number of nitrogens with zero attached hydrogens (tertiary/aromatic N) is 2. The summed E-state index contributed by atoms with van der Waals surface area (Å²) in [5.74, 6) is 0.0156. The van der Waals surface area contributed by atoms with Crippen LogP contribution < -0.4 is 5.56 Å². The lowest BCUT2D eigenvalue weighted by atomic mass is 10.1. The first-order valence-corrected chi connectivity index (χ1v) is 7.47. The summed E-state index contributed by atoms with van der Waals surface area (Å²) < 4.78 is 1.74. The molecule has 5 nitrogen and oxygen atoms in total. The maximum Gasteiger partial charge on any atom is 0.261 e. The number of H-pyrrole nitrogens is 1. The van der Waals surface area contributed by atoms with E-state index >= 15 is 0 Å². The standard InChI is InChI=1S/C15H17N3O2S/c1-3-18(10-5-6-10)13(19)9-4-7-11-12(8-9)16-15(21)17(2)14(11)20/h4,7-8,10H,3,5-6H2,1-2H3,(H,16,21). The van der Waals surface area contributed by atoms with E-state index in [2.05, 4.69) is 4.98 Å². The monoisotopic (exact) mass is 303 g/mol. The summed E-state index contributed by atoms with van der Waals surface area (Å²) in [6, 6.07) is 5.51. The number of rotatable bonds is 3. The van der Waals surface area contributed by atoms with Gasteiger partial charge in [0.1, 0.15) is 0 Å². The van der Waals surface area contributed by atoms with Crippen LogP contribution in [0.4, 0.5) is 0 Å². The van der Waals surface area contributed by atoms with Crippen molar-refractivity contribution in [1.82, 2.24) is 14.5 Å². The number of hydrogen-bond donors (Lipinski definition) is 1. The van der Waals surface area contributed by atoms with Crippen molar-refractivity contribution in [2.75, 3.05) is 6.54 Å². The first kappa shape index (κ1) is 14.0. The summed E-state index contributed by atoms with van der Waals surface area (Å²) in [5.41, 5.74) is 1.05. The van der Waals surface area contributed by atoms with Crippen LogP contribution in [0, 0.1) is 4.77 Å². The van der Waals surface area contributed by atoms with Crippen LogP contribution >= 0.6 is 12.2 Å². The highest BCUT2D eigenvalue weighted by atomic mass is 32.1. The van der Waals surface area contributed by atoms with E-state index in [9.17, 15) is 9.59 Å². The highest BCUT2D eigenvalue weighted by molar-refractivity contribution is 7.71. The molecule has 0 bridgehead atoms. The summed E-state index contributed by atoms with van der Waals surface area (Å²) in [4.78, 5) is 29.5. The Kier molecular flexibility index (Phi) is 3.41. The van der Waals surface area contributed by atoms with Crippen molar-refractivity contribution in [3.05, 3.63) is 38.9 Å². The maximum atomic E-state index is 12.5. The SMILES string of the molecule is CCN(C(=O)c1ccc2c(=O)n(C)c(=S)[nH]c2c1)C1CC1. The van der Waals surface area contributed by atoms with E-state index in [-0.39, 0.29) is 11.5 Å². The summed E-state index contributed by atoms with van der Waals surface area (Å²) in [6.07, 6.45) is 2.16. The van der Waals surface area contributed by atoms with Gasteiger partial charge in [0.05, 0.1) is 10.9 Å². The van der Waals surface area contributed by atoms with Crippen molar-refractivity contribution in [2.45, 2.75) is 25.8 Å². The molecule has 0 radical (unpaired) electrons. The third-order valence-electron chi connectivity index (χ3n) is 3.94. The minimum absolute atomic E-state index is 0.0156. The van der Waals surface area contributed by atoms with Crippen molar-refractivity contribution in [2.24, 2.45) is 7.05 Å². The van der Waals surface area contributed by atoms with Gasteiger partial charge in [-0.3, -0.25) is 14.2 Å². The van der Waals surface area contributed by atoms with Gasteiger partial charge in [-0.1, -0.05) is 0 Å². The van der Waals surface area contributed by atoms with Crippen LogP contribution in [0.1, 0.15) is 30.1 Å². The highest BCUT2D eigenvalue weighted by Gasteiger charge is 2.31. The molecule has 1 amide bonds. The van der Waals surface area contributed by atoms with E-state index in [1.807, 2.05) is 11.8 Å². The van der Waals surface area contributed by atoms with E-state index < -0.39 is 0 Å². The largest absolute Gasteiger partial charge is 0.336 e. The molecule has 0 spiro atoms. The zero-order valence-corrected chi connectivity index (χ0v) is 12.9. The van der Waals surface area contributed by atoms with Crippen LogP contribution in [0.15, 0.2) is 23.0 Å². The van der Waals surface area contributed by atoms with Gasteiger partial charge in [0.15, 0.2) is 4.77 Å². The van der Waals surface area contributed by atoms with E-state index in [0.717, 1.165) is 12.8 Å². The second kappa shape index (κ2) is 5.11. The predicted octanol–water partition coefficient (Wildman–Crippen LogP) is 2.22. The van der Waals surface area contributed by atoms with Gasteiger partial charge in [0.2, 0.25) is 0 Å². The number of benzene rings is 1. The number of fused-ring (bicyclic) bond motifs is 1. The minimum atomic E-state index is -0.151. The lowest BCUT2D eigenvalue weighted by Crippen LogP contribution is -2.32. The first-order chi connectivity index (χ1) is 10.0. The third-order valence-corrected chi connectivity index (χ3v) is 4.31. The normalized spacial score (nSPS) is 14.4. The van der Waals surface area contributed by atoms with Gasteiger partial charge in [0.25, 0.3) is 11.5 Å². The Balaban J connectivity index is 2.09. The van der Waals surface area contributed by atoms with Gasteiger partial charge in [-0.2, -0.15) is 0 Å². The average molecular weight is 303 g/mol. The third kappa shape index (κ3) is 2.40. The molecule has 6 heteroatoms. The molecule has 1 N–H and O–H groups in total. The van der Waals surface area contributed by atoms with Crippen LogP contribution in [0.2, 0.25) is 0 Å². The number of hydrogen-bond acceptors (Lipinski definition) is 3.